The van der Waals surface area contributed by atoms with E-state index in [1.807, 2.05) is 36.6 Å². The average Bonchev–Trinajstić information content (AvgIpc) is 3.13. The van der Waals surface area contributed by atoms with Gasteiger partial charge in [0.1, 0.15) is 16.5 Å². The zero-order valence-corrected chi connectivity index (χ0v) is 12.5. The van der Waals surface area contributed by atoms with E-state index >= 15 is 0 Å². The third-order valence-corrected chi connectivity index (χ3v) is 4.12. The van der Waals surface area contributed by atoms with Crippen molar-refractivity contribution in [3.8, 4) is 5.75 Å². The van der Waals surface area contributed by atoms with E-state index in [1.165, 1.54) is 11.3 Å². The van der Waals surface area contributed by atoms with Crippen molar-refractivity contribution in [3.63, 3.8) is 0 Å². The molecule has 108 valence electrons. The van der Waals surface area contributed by atoms with Crippen molar-refractivity contribution in [1.82, 2.24) is 15.3 Å². The molecule has 0 spiro atoms. The summed E-state index contributed by atoms with van der Waals surface area (Å²) in [5.74, 6) is 1.17. The van der Waals surface area contributed by atoms with Crippen LogP contribution in [0.1, 0.15) is 28.5 Å². The number of carbonyl (C=O) groups is 1. The molecule has 0 saturated heterocycles. The number of hydrogen-bond donors (Lipinski definition) is 2. The van der Waals surface area contributed by atoms with E-state index in [-0.39, 0.29) is 11.9 Å². The molecular formula is C15H15N3O2S. The molecule has 0 aliphatic rings. The Labute approximate surface area is 126 Å². The Bertz CT molecular complexity index is 745. The van der Waals surface area contributed by atoms with E-state index in [4.69, 9.17) is 4.74 Å². The maximum atomic E-state index is 12.3. The molecule has 2 heterocycles. The molecule has 0 saturated carbocycles. The van der Waals surface area contributed by atoms with Crippen molar-refractivity contribution >= 4 is 28.3 Å². The number of rotatable bonds is 4. The highest BCUT2D eigenvalue weighted by molar-refractivity contribution is 7.12. The zero-order chi connectivity index (χ0) is 14.8. The highest BCUT2D eigenvalue weighted by atomic mass is 32.1. The van der Waals surface area contributed by atoms with Gasteiger partial charge in [-0.2, -0.15) is 0 Å². The summed E-state index contributed by atoms with van der Waals surface area (Å²) in [6, 6.07) is 9.36. The summed E-state index contributed by atoms with van der Waals surface area (Å²) in [5, 5.41) is 4.76. The molecule has 3 rings (SSSR count). The van der Waals surface area contributed by atoms with Gasteiger partial charge >= 0.3 is 0 Å². The number of amides is 1. The summed E-state index contributed by atoms with van der Waals surface area (Å²) < 4.78 is 5.17. The predicted molar refractivity (Wildman–Crippen MR) is 82.8 cm³/mol. The lowest BCUT2D eigenvalue weighted by atomic mass is 10.3. The van der Waals surface area contributed by atoms with Crippen LogP contribution in [0.25, 0.3) is 11.0 Å². The van der Waals surface area contributed by atoms with Gasteiger partial charge in [-0.25, -0.2) is 4.98 Å². The maximum Gasteiger partial charge on any atom is 0.265 e. The molecule has 0 fully saturated rings. The molecular weight excluding hydrogens is 286 g/mol. The van der Waals surface area contributed by atoms with Crippen LogP contribution < -0.4 is 10.1 Å². The van der Waals surface area contributed by atoms with Crippen LogP contribution >= 0.6 is 11.3 Å². The summed E-state index contributed by atoms with van der Waals surface area (Å²) >= 11 is 1.36. The number of aromatic amines is 1. The van der Waals surface area contributed by atoms with Gasteiger partial charge in [0.25, 0.3) is 5.91 Å². The van der Waals surface area contributed by atoms with Crippen molar-refractivity contribution in [2.24, 2.45) is 0 Å². The minimum Gasteiger partial charge on any atom is -0.495 e. The Hall–Kier alpha value is -2.34. The smallest absolute Gasteiger partial charge is 0.265 e. The van der Waals surface area contributed by atoms with Gasteiger partial charge in [0.05, 0.1) is 24.2 Å². The minimum atomic E-state index is -0.211. The molecule has 2 aromatic heterocycles. The van der Waals surface area contributed by atoms with E-state index < -0.39 is 0 Å². The summed E-state index contributed by atoms with van der Waals surface area (Å²) in [4.78, 5) is 20.5. The second kappa shape index (κ2) is 5.57. The van der Waals surface area contributed by atoms with Crippen molar-refractivity contribution in [3.05, 3.63) is 46.4 Å². The molecule has 0 bridgehead atoms. The van der Waals surface area contributed by atoms with Gasteiger partial charge in [-0.1, -0.05) is 12.1 Å². The summed E-state index contributed by atoms with van der Waals surface area (Å²) in [6.45, 7) is 1.90. The number of fused-ring (bicyclic) bond motifs is 1. The van der Waals surface area contributed by atoms with Crippen molar-refractivity contribution in [2.45, 2.75) is 13.0 Å². The van der Waals surface area contributed by atoms with Crippen molar-refractivity contribution < 1.29 is 9.53 Å². The highest BCUT2D eigenvalue weighted by Gasteiger charge is 2.18. The first-order valence-corrected chi connectivity index (χ1v) is 7.44. The Morgan fingerprint density at radius 3 is 2.95 bits per heavy atom. The van der Waals surface area contributed by atoms with E-state index in [9.17, 15) is 4.79 Å². The van der Waals surface area contributed by atoms with E-state index in [2.05, 4.69) is 15.3 Å². The van der Waals surface area contributed by atoms with Gasteiger partial charge in [-0.3, -0.25) is 4.79 Å². The highest BCUT2D eigenvalue weighted by Crippen LogP contribution is 2.25. The molecule has 6 heteroatoms. The Morgan fingerprint density at radius 1 is 1.38 bits per heavy atom. The van der Waals surface area contributed by atoms with E-state index in [0.717, 1.165) is 16.9 Å². The SMILES string of the molecule is COc1ccsc1C(=O)NC(C)c1nc2ccccc2[nH]1. The largest absolute Gasteiger partial charge is 0.495 e. The Balaban J connectivity index is 1.79. The lowest BCUT2D eigenvalue weighted by Gasteiger charge is -2.11. The van der Waals surface area contributed by atoms with Crippen LogP contribution in [0.4, 0.5) is 0 Å². The number of methoxy groups -OCH3 is 1. The van der Waals surface area contributed by atoms with Crippen LogP contribution in [0, 0.1) is 0 Å². The van der Waals surface area contributed by atoms with Gasteiger partial charge in [0, 0.05) is 0 Å². The topological polar surface area (TPSA) is 67.0 Å². The van der Waals surface area contributed by atoms with Crippen molar-refractivity contribution in [2.75, 3.05) is 7.11 Å². The van der Waals surface area contributed by atoms with Crippen molar-refractivity contribution in [1.29, 1.82) is 0 Å². The summed E-state index contributed by atoms with van der Waals surface area (Å²) in [7, 11) is 1.56. The van der Waals surface area contributed by atoms with Crippen LogP contribution in [-0.4, -0.2) is 23.0 Å². The molecule has 2 N–H and O–H groups in total. The lowest BCUT2D eigenvalue weighted by Crippen LogP contribution is -2.26. The number of para-hydroxylation sites is 2. The number of ether oxygens (including phenoxy) is 1. The molecule has 21 heavy (non-hydrogen) atoms. The normalized spacial score (nSPS) is 12.3. The van der Waals surface area contributed by atoms with Gasteiger partial charge < -0.3 is 15.0 Å². The second-order valence-electron chi connectivity index (χ2n) is 4.65. The molecule has 3 aromatic rings. The molecule has 5 nitrogen and oxygen atoms in total. The Morgan fingerprint density at radius 2 is 2.19 bits per heavy atom. The predicted octanol–water partition coefficient (Wildman–Crippen LogP) is 3.12. The Kier molecular flexibility index (Phi) is 3.62. The number of aromatic nitrogens is 2. The van der Waals surface area contributed by atoms with Gasteiger partial charge in [-0.05, 0) is 30.5 Å². The van der Waals surface area contributed by atoms with Crippen LogP contribution in [0.3, 0.4) is 0 Å². The number of carbonyl (C=O) groups excluding carboxylic acids is 1. The maximum absolute atomic E-state index is 12.3. The summed E-state index contributed by atoms with van der Waals surface area (Å²) in [6.07, 6.45) is 0. The first-order chi connectivity index (χ1) is 10.2. The monoisotopic (exact) mass is 301 g/mol. The van der Waals surface area contributed by atoms with Gasteiger partial charge in [-0.15, -0.1) is 11.3 Å². The van der Waals surface area contributed by atoms with Crippen LogP contribution in [-0.2, 0) is 0 Å². The molecule has 0 radical (unpaired) electrons. The number of H-pyrrole nitrogens is 1. The minimum absolute atomic E-state index is 0.158. The zero-order valence-electron chi connectivity index (χ0n) is 11.7. The molecule has 1 atom stereocenters. The van der Waals surface area contributed by atoms with E-state index in [0.29, 0.717) is 10.6 Å². The lowest BCUT2D eigenvalue weighted by molar-refractivity contribution is 0.0940. The molecule has 1 unspecified atom stereocenters. The fourth-order valence-electron chi connectivity index (χ4n) is 2.13. The fraction of sp³-hybridized carbons (Fsp3) is 0.200. The number of nitrogens with one attached hydrogen (secondary N) is 2. The molecule has 0 aliphatic carbocycles. The van der Waals surface area contributed by atoms with Crippen LogP contribution in [0.15, 0.2) is 35.7 Å². The number of hydrogen-bond acceptors (Lipinski definition) is 4. The quantitative estimate of drug-likeness (QED) is 0.778. The average molecular weight is 301 g/mol. The molecule has 1 amide bonds. The summed E-state index contributed by atoms with van der Waals surface area (Å²) in [5.41, 5.74) is 1.85. The van der Waals surface area contributed by atoms with Gasteiger partial charge in [0.15, 0.2) is 0 Å². The number of imidazole rings is 1. The van der Waals surface area contributed by atoms with E-state index in [1.54, 1.807) is 13.2 Å². The van der Waals surface area contributed by atoms with Crippen LogP contribution in [0.5, 0.6) is 5.75 Å². The van der Waals surface area contributed by atoms with Gasteiger partial charge in [0.2, 0.25) is 0 Å². The molecule has 1 aromatic carbocycles. The second-order valence-corrected chi connectivity index (χ2v) is 5.57. The van der Waals surface area contributed by atoms with Crippen LogP contribution in [0.2, 0.25) is 0 Å². The first-order valence-electron chi connectivity index (χ1n) is 6.56. The number of nitrogens with zero attached hydrogens (tertiary/aromatic N) is 1. The number of thiophene rings is 1. The third kappa shape index (κ3) is 2.62. The first kappa shape index (κ1) is 13.6. The number of benzene rings is 1. The fourth-order valence-corrected chi connectivity index (χ4v) is 2.89. The third-order valence-electron chi connectivity index (χ3n) is 3.22. The molecule has 0 aliphatic heterocycles. The standard InChI is InChI=1S/C15H15N3O2S/c1-9(14-17-10-5-3-4-6-11(10)18-14)16-15(19)13-12(20-2)7-8-21-13/h3-9H,1-2H3,(H,16,19)(H,17,18).